The maximum atomic E-state index is 14.2. The van der Waals surface area contributed by atoms with Gasteiger partial charge in [-0.25, -0.2) is 13.2 Å². The summed E-state index contributed by atoms with van der Waals surface area (Å²) < 4.78 is 41.1. The third-order valence-corrected chi connectivity index (χ3v) is 3.87. The lowest BCUT2D eigenvalue weighted by atomic mass is 9.92. The molecule has 3 rings (SSSR count). The maximum absolute atomic E-state index is 14.2. The molecule has 0 aromatic carbocycles. The Balaban J connectivity index is 1.97. The van der Waals surface area contributed by atoms with Crippen molar-refractivity contribution in [3.8, 4) is 0 Å². The van der Waals surface area contributed by atoms with Crippen molar-refractivity contribution in [3.63, 3.8) is 0 Å². The number of rotatable bonds is 5. The first-order chi connectivity index (χ1) is 11.3. The van der Waals surface area contributed by atoms with E-state index in [1.54, 1.807) is 0 Å². The number of allylic oxidation sites excluding steroid dienone is 1. The van der Waals surface area contributed by atoms with Crippen molar-refractivity contribution in [2.45, 2.75) is 63.6 Å². The molecule has 9 heteroatoms. The Labute approximate surface area is 137 Å². The quantitative estimate of drug-likeness (QED) is 0.762. The molecule has 0 radical (unpaired) electrons. The number of halogens is 3. The molecule has 132 valence electrons. The fourth-order valence-electron chi connectivity index (χ4n) is 2.43. The van der Waals surface area contributed by atoms with Gasteiger partial charge in [0.1, 0.15) is 5.83 Å². The minimum Gasteiger partial charge on any atom is -0.380 e. The summed E-state index contributed by atoms with van der Waals surface area (Å²) in [5.74, 6) is -4.26. The molecule has 3 N–H and O–H groups in total. The van der Waals surface area contributed by atoms with Crippen LogP contribution in [-0.4, -0.2) is 44.2 Å². The Morgan fingerprint density at radius 2 is 1.83 bits per heavy atom. The van der Waals surface area contributed by atoms with Gasteiger partial charge in [-0.3, -0.25) is 0 Å². The average Bonchev–Trinajstić information content (AvgIpc) is 3.28. The number of hydrogen-bond donors (Lipinski definition) is 3. The average molecular weight is 343 g/mol. The van der Waals surface area contributed by atoms with Gasteiger partial charge < -0.3 is 15.7 Å². The van der Waals surface area contributed by atoms with Crippen LogP contribution < -0.4 is 10.6 Å². The molecule has 0 bridgehead atoms. The molecule has 1 atom stereocenters. The lowest BCUT2D eigenvalue weighted by Gasteiger charge is -2.27. The standard InChI is InChI=1S/C15H20F3N5O/c1-7(2)19-13-21-12(22-14(23-13)20-8-3-4-8)9-5-6-15(17,18)11(24)10(9)16/h7-8,11,24H,3-6H2,1-2H3,(H2,19,20,21,22,23). The topological polar surface area (TPSA) is 83.0 Å². The molecule has 1 unspecified atom stereocenters. The number of nitrogens with zero attached hydrogens (tertiary/aromatic N) is 3. The van der Waals surface area contributed by atoms with Crippen molar-refractivity contribution in [3.05, 3.63) is 11.7 Å². The van der Waals surface area contributed by atoms with Crippen LogP contribution in [0.3, 0.4) is 0 Å². The SMILES string of the molecule is CC(C)Nc1nc(NC2CC2)nc(C2=C(F)C(O)C(F)(F)CC2)n1. The Morgan fingerprint density at radius 3 is 2.46 bits per heavy atom. The molecule has 0 aliphatic heterocycles. The fraction of sp³-hybridized carbons (Fsp3) is 0.667. The summed E-state index contributed by atoms with van der Waals surface area (Å²) in [6.07, 6.45) is -1.36. The van der Waals surface area contributed by atoms with Crippen LogP contribution in [0.25, 0.3) is 5.57 Å². The minimum absolute atomic E-state index is 0.0247. The molecule has 1 heterocycles. The first kappa shape index (κ1) is 16.9. The van der Waals surface area contributed by atoms with E-state index < -0.39 is 24.3 Å². The highest BCUT2D eigenvalue weighted by atomic mass is 19.3. The molecule has 0 spiro atoms. The van der Waals surface area contributed by atoms with Crippen LogP contribution in [0.2, 0.25) is 0 Å². The third-order valence-electron chi connectivity index (χ3n) is 3.87. The van der Waals surface area contributed by atoms with Gasteiger partial charge in [-0.15, -0.1) is 0 Å². The van der Waals surface area contributed by atoms with Crippen molar-refractivity contribution >= 4 is 17.5 Å². The third kappa shape index (κ3) is 3.61. The molecule has 0 saturated heterocycles. The van der Waals surface area contributed by atoms with Gasteiger partial charge in [-0.05, 0) is 33.1 Å². The fourth-order valence-corrected chi connectivity index (χ4v) is 2.43. The normalized spacial score (nSPS) is 23.5. The molecule has 1 aromatic heterocycles. The number of aromatic nitrogens is 3. The molecule has 1 saturated carbocycles. The second-order valence-electron chi connectivity index (χ2n) is 6.51. The van der Waals surface area contributed by atoms with Gasteiger partial charge in [0.2, 0.25) is 11.9 Å². The molecule has 2 aliphatic carbocycles. The van der Waals surface area contributed by atoms with Crippen molar-refractivity contribution in [1.82, 2.24) is 15.0 Å². The van der Waals surface area contributed by atoms with Gasteiger partial charge >= 0.3 is 0 Å². The van der Waals surface area contributed by atoms with Crippen LogP contribution in [0.1, 0.15) is 45.4 Å². The Bertz CT molecular complexity index is 638. The van der Waals surface area contributed by atoms with Crippen LogP contribution in [0.5, 0.6) is 0 Å². The first-order valence-corrected chi connectivity index (χ1v) is 8.00. The summed E-state index contributed by atoms with van der Waals surface area (Å²) in [7, 11) is 0. The predicted octanol–water partition coefficient (Wildman–Crippen LogP) is 2.74. The summed E-state index contributed by atoms with van der Waals surface area (Å²) in [5, 5.41) is 15.6. The molecule has 1 fully saturated rings. The predicted molar refractivity (Wildman–Crippen MR) is 83.4 cm³/mol. The van der Waals surface area contributed by atoms with E-state index in [1.165, 1.54) is 0 Å². The summed E-state index contributed by atoms with van der Waals surface area (Å²) >= 11 is 0. The van der Waals surface area contributed by atoms with Crippen LogP contribution in [0, 0.1) is 0 Å². The molecule has 24 heavy (non-hydrogen) atoms. The van der Waals surface area contributed by atoms with E-state index in [1.807, 2.05) is 13.8 Å². The van der Waals surface area contributed by atoms with Crippen LogP contribution in [-0.2, 0) is 0 Å². The van der Waals surface area contributed by atoms with Crippen LogP contribution >= 0.6 is 0 Å². The van der Waals surface area contributed by atoms with Crippen LogP contribution in [0.15, 0.2) is 5.83 Å². The van der Waals surface area contributed by atoms with Gasteiger partial charge in [0.25, 0.3) is 5.92 Å². The van der Waals surface area contributed by atoms with Gasteiger partial charge in [-0.1, -0.05) is 0 Å². The minimum atomic E-state index is -3.48. The second kappa shape index (κ2) is 6.19. The van der Waals surface area contributed by atoms with Crippen molar-refractivity contribution < 1.29 is 18.3 Å². The molecule has 6 nitrogen and oxygen atoms in total. The van der Waals surface area contributed by atoms with Gasteiger partial charge in [0.15, 0.2) is 11.9 Å². The number of nitrogens with one attached hydrogen (secondary N) is 2. The Hall–Kier alpha value is -1.90. The number of anilines is 2. The number of aliphatic hydroxyl groups is 1. The van der Waals surface area contributed by atoms with E-state index >= 15 is 0 Å². The lowest BCUT2D eigenvalue weighted by Crippen LogP contribution is -2.37. The van der Waals surface area contributed by atoms with E-state index in [-0.39, 0.29) is 41.8 Å². The van der Waals surface area contributed by atoms with Gasteiger partial charge in [-0.2, -0.15) is 15.0 Å². The van der Waals surface area contributed by atoms with Crippen LogP contribution in [0.4, 0.5) is 25.1 Å². The molecule has 0 amide bonds. The maximum Gasteiger partial charge on any atom is 0.280 e. The van der Waals surface area contributed by atoms with E-state index in [0.29, 0.717) is 0 Å². The van der Waals surface area contributed by atoms with Gasteiger partial charge in [0, 0.05) is 24.1 Å². The molecular formula is C15H20F3N5O. The summed E-state index contributed by atoms with van der Waals surface area (Å²) in [6.45, 7) is 3.78. The number of aliphatic hydroxyl groups excluding tert-OH is 1. The summed E-state index contributed by atoms with van der Waals surface area (Å²) in [5.41, 5.74) is -0.0959. The summed E-state index contributed by atoms with van der Waals surface area (Å²) in [4.78, 5) is 12.5. The highest BCUT2D eigenvalue weighted by Crippen LogP contribution is 2.41. The van der Waals surface area contributed by atoms with Crippen molar-refractivity contribution in [2.24, 2.45) is 0 Å². The highest BCUT2D eigenvalue weighted by molar-refractivity contribution is 5.66. The first-order valence-electron chi connectivity index (χ1n) is 8.00. The summed E-state index contributed by atoms with van der Waals surface area (Å²) in [6, 6.07) is 0.307. The smallest absolute Gasteiger partial charge is 0.280 e. The van der Waals surface area contributed by atoms with E-state index in [4.69, 9.17) is 0 Å². The van der Waals surface area contributed by atoms with Crippen molar-refractivity contribution in [2.75, 3.05) is 10.6 Å². The Kier molecular flexibility index (Phi) is 4.37. The molecule has 1 aromatic rings. The molecule has 2 aliphatic rings. The van der Waals surface area contributed by atoms with E-state index in [0.717, 1.165) is 12.8 Å². The number of hydrogen-bond acceptors (Lipinski definition) is 6. The number of alkyl halides is 2. The largest absolute Gasteiger partial charge is 0.380 e. The second-order valence-corrected chi connectivity index (χ2v) is 6.51. The van der Waals surface area contributed by atoms with E-state index in [2.05, 4.69) is 25.6 Å². The lowest BCUT2D eigenvalue weighted by molar-refractivity contribution is -0.107. The molecular weight excluding hydrogens is 323 g/mol. The zero-order valence-electron chi connectivity index (χ0n) is 13.5. The van der Waals surface area contributed by atoms with Gasteiger partial charge in [0.05, 0.1) is 0 Å². The van der Waals surface area contributed by atoms with E-state index in [9.17, 15) is 18.3 Å². The highest BCUT2D eigenvalue weighted by Gasteiger charge is 2.46. The van der Waals surface area contributed by atoms with Crippen molar-refractivity contribution in [1.29, 1.82) is 0 Å². The Morgan fingerprint density at radius 1 is 1.17 bits per heavy atom. The zero-order valence-corrected chi connectivity index (χ0v) is 13.5. The monoisotopic (exact) mass is 343 g/mol. The zero-order chi connectivity index (χ0) is 17.5.